The molecular formula is C13H16BrNO3. The molecule has 1 fully saturated rings. The standard InChI is InChI=1S/C13H16BrNO3/c1-16-11-8(14)6-9-12(18-7-17-9)10(11)13(15)4-2-3-5-13/h6H,2-5,7,15H2,1H3. The minimum atomic E-state index is -0.368. The maximum Gasteiger partial charge on any atom is 0.231 e. The Morgan fingerprint density at radius 1 is 1.33 bits per heavy atom. The predicted molar refractivity (Wildman–Crippen MR) is 71.2 cm³/mol. The smallest absolute Gasteiger partial charge is 0.231 e. The van der Waals surface area contributed by atoms with E-state index in [9.17, 15) is 0 Å². The number of ether oxygens (including phenoxy) is 3. The average Bonchev–Trinajstić information content (AvgIpc) is 2.96. The van der Waals surface area contributed by atoms with Gasteiger partial charge in [0, 0.05) is 11.6 Å². The molecule has 18 heavy (non-hydrogen) atoms. The quantitative estimate of drug-likeness (QED) is 0.912. The lowest BCUT2D eigenvalue weighted by atomic mass is 9.87. The molecule has 0 amide bonds. The molecule has 0 atom stereocenters. The van der Waals surface area contributed by atoms with E-state index < -0.39 is 0 Å². The molecule has 0 spiro atoms. The Hall–Kier alpha value is -0.940. The monoisotopic (exact) mass is 313 g/mol. The summed E-state index contributed by atoms with van der Waals surface area (Å²) in [6.45, 7) is 0.248. The van der Waals surface area contributed by atoms with Crippen molar-refractivity contribution in [3.05, 3.63) is 16.1 Å². The molecule has 0 unspecified atom stereocenters. The molecule has 0 radical (unpaired) electrons. The van der Waals surface area contributed by atoms with Crippen LogP contribution in [-0.2, 0) is 5.54 Å². The number of benzene rings is 1. The van der Waals surface area contributed by atoms with E-state index in [-0.39, 0.29) is 12.3 Å². The summed E-state index contributed by atoms with van der Waals surface area (Å²) in [7, 11) is 1.66. The molecule has 3 rings (SSSR count). The lowest BCUT2D eigenvalue weighted by molar-refractivity contribution is 0.171. The zero-order valence-corrected chi connectivity index (χ0v) is 11.9. The second-order valence-electron chi connectivity index (χ2n) is 4.86. The summed E-state index contributed by atoms with van der Waals surface area (Å²) in [5.41, 5.74) is 7.14. The molecule has 98 valence electrons. The Morgan fingerprint density at radius 2 is 2.06 bits per heavy atom. The van der Waals surface area contributed by atoms with Crippen molar-refractivity contribution >= 4 is 15.9 Å². The summed E-state index contributed by atoms with van der Waals surface area (Å²) in [5.74, 6) is 2.26. The van der Waals surface area contributed by atoms with E-state index in [1.165, 1.54) is 0 Å². The molecule has 2 aliphatic rings. The predicted octanol–water partition coefficient (Wildman–Crippen LogP) is 2.91. The lowest BCUT2D eigenvalue weighted by Gasteiger charge is -2.28. The summed E-state index contributed by atoms with van der Waals surface area (Å²) in [4.78, 5) is 0. The molecule has 1 aromatic carbocycles. The van der Waals surface area contributed by atoms with E-state index in [1.807, 2.05) is 6.07 Å². The fourth-order valence-corrected chi connectivity index (χ4v) is 3.47. The molecule has 0 saturated heterocycles. The van der Waals surface area contributed by atoms with E-state index in [0.717, 1.165) is 53.0 Å². The van der Waals surface area contributed by atoms with Gasteiger partial charge in [-0.25, -0.2) is 0 Å². The van der Waals surface area contributed by atoms with Crippen molar-refractivity contribution in [3.63, 3.8) is 0 Å². The summed E-state index contributed by atoms with van der Waals surface area (Å²) in [6, 6.07) is 1.88. The van der Waals surface area contributed by atoms with Gasteiger partial charge in [0.05, 0.1) is 17.1 Å². The third-order valence-electron chi connectivity index (χ3n) is 3.77. The van der Waals surface area contributed by atoms with Crippen LogP contribution in [0.1, 0.15) is 31.2 Å². The van der Waals surface area contributed by atoms with Gasteiger partial charge in [0.25, 0.3) is 0 Å². The second kappa shape index (κ2) is 4.31. The van der Waals surface area contributed by atoms with E-state index in [1.54, 1.807) is 7.11 Å². The van der Waals surface area contributed by atoms with Crippen LogP contribution in [0.5, 0.6) is 17.2 Å². The molecule has 0 aromatic heterocycles. The molecule has 1 heterocycles. The van der Waals surface area contributed by atoms with Crippen molar-refractivity contribution in [3.8, 4) is 17.2 Å². The number of rotatable bonds is 2. The Balaban J connectivity index is 2.22. The van der Waals surface area contributed by atoms with Gasteiger partial charge in [0.15, 0.2) is 11.5 Å². The summed E-state index contributed by atoms with van der Waals surface area (Å²) >= 11 is 3.52. The van der Waals surface area contributed by atoms with Gasteiger partial charge in [-0.05, 0) is 28.8 Å². The summed E-state index contributed by atoms with van der Waals surface area (Å²) in [5, 5.41) is 0. The van der Waals surface area contributed by atoms with Crippen LogP contribution in [0.2, 0.25) is 0 Å². The van der Waals surface area contributed by atoms with Crippen LogP contribution < -0.4 is 19.9 Å². The van der Waals surface area contributed by atoms with E-state index in [4.69, 9.17) is 19.9 Å². The van der Waals surface area contributed by atoms with Gasteiger partial charge in [0.1, 0.15) is 5.75 Å². The molecular weight excluding hydrogens is 298 g/mol. The maximum absolute atomic E-state index is 6.56. The topological polar surface area (TPSA) is 53.7 Å². The lowest BCUT2D eigenvalue weighted by Crippen LogP contribution is -2.34. The minimum absolute atomic E-state index is 0.248. The van der Waals surface area contributed by atoms with Crippen LogP contribution in [0.25, 0.3) is 0 Å². The van der Waals surface area contributed by atoms with Gasteiger partial charge in [-0.1, -0.05) is 12.8 Å². The van der Waals surface area contributed by atoms with Gasteiger partial charge in [-0.15, -0.1) is 0 Å². The Bertz CT molecular complexity index is 480. The molecule has 1 aromatic rings. The SMILES string of the molecule is COc1c(Br)cc2c(c1C1(N)CCCC1)OCO2. The number of halogens is 1. The summed E-state index contributed by atoms with van der Waals surface area (Å²) < 4.78 is 17.4. The number of hydrogen-bond acceptors (Lipinski definition) is 4. The van der Waals surface area contributed by atoms with Crippen molar-refractivity contribution in [1.82, 2.24) is 0 Å². The third kappa shape index (κ3) is 1.68. The first-order valence-electron chi connectivity index (χ1n) is 6.11. The number of nitrogens with two attached hydrogens (primary N) is 1. The Morgan fingerprint density at radius 3 is 2.72 bits per heavy atom. The first-order valence-corrected chi connectivity index (χ1v) is 6.90. The molecule has 1 aliphatic carbocycles. The molecule has 4 nitrogen and oxygen atoms in total. The van der Waals surface area contributed by atoms with E-state index >= 15 is 0 Å². The summed E-state index contributed by atoms with van der Waals surface area (Å²) in [6.07, 6.45) is 4.19. The van der Waals surface area contributed by atoms with Crippen molar-refractivity contribution in [2.75, 3.05) is 13.9 Å². The highest BCUT2D eigenvalue weighted by Gasteiger charge is 2.40. The Labute approximate surface area is 115 Å². The van der Waals surface area contributed by atoms with Crippen LogP contribution in [0.3, 0.4) is 0 Å². The van der Waals surface area contributed by atoms with Gasteiger partial charge >= 0.3 is 0 Å². The van der Waals surface area contributed by atoms with Gasteiger partial charge in [-0.2, -0.15) is 0 Å². The average molecular weight is 314 g/mol. The van der Waals surface area contributed by atoms with Crippen molar-refractivity contribution in [2.24, 2.45) is 5.73 Å². The van der Waals surface area contributed by atoms with Crippen molar-refractivity contribution in [2.45, 2.75) is 31.2 Å². The highest BCUT2D eigenvalue weighted by atomic mass is 79.9. The van der Waals surface area contributed by atoms with Gasteiger partial charge < -0.3 is 19.9 Å². The third-order valence-corrected chi connectivity index (χ3v) is 4.36. The van der Waals surface area contributed by atoms with Crippen LogP contribution in [0.4, 0.5) is 0 Å². The van der Waals surface area contributed by atoms with Crippen LogP contribution in [0, 0.1) is 0 Å². The second-order valence-corrected chi connectivity index (χ2v) is 5.72. The fraction of sp³-hybridized carbons (Fsp3) is 0.538. The number of hydrogen-bond donors (Lipinski definition) is 1. The van der Waals surface area contributed by atoms with Crippen molar-refractivity contribution in [1.29, 1.82) is 0 Å². The van der Waals surface area contributed by atoms with E-state index in [2.05, 4.69) is 15.9 Å². The maximum atomic E-state index is 6.56. The van der Waals surface area contributed by atoms with Crippen LogP contribution in [-0.4, -0.2) is 13.9 Å². The molecule has 2 N–H and O–H groups in total. The number of fused-ring (bicyclic) bond motifs is 1. The zero-order chi connectivity index (χ0) is 12.8. The zero-order valence-electron chi connectivity index (χ0n) is 10.3. The number of methoxy groups -OCH3 is 1. The first-order chi connectivity index (χ1) is 8.65. The largest absolute Gasteiger partial charge is 0.495 e. The molecule has 0 bridgehead atoms. The van der Waals surface area contributed by atoms with Crippen molar-refractivity contribution < 1.29 is 14.2 Å². The first kappa shape index (κ1) is 12.1. The normalized spacial score (nSPS) is 20.2. The van der Waals surface area contributed by atoms with E-state index in [0.29, 0.717) is 0 Å². The van der Waals surface area contributed by atoms with Gasteiger partial charge in [-0.3, -0.25) is 0 Å². The fourth-order valence-electron chi connectivity index (χ4n) is 2.90. The highest BCUT2D eigenvalue weighted by Crippen LogP contribution is 2.52. The molecule has 5 heteroatoms. The van der Waals surface area contributed by atoms with Crippen LogP contribution in [0.15, 0.2) is 10.5 Å². The Kier molecular flexibility index (Phi) is 2.90. The molecule has 1 saturated carbocycles. The molecule has 1 aliphatic heterocycles. The van der Waals surface area contributed by atoms with Gasteiger partial charge in [0.2, 0.25) is 6.79 Å². The highest BCUT2D eigenvalue weighted by molar-refractivity contribution is 9.10. The minimum Gasteiger partial charge on any atom is -0.495 e. The van der Waals surface area contributed by atoms with Crippen LogP contribution >= 0.6 is 15.9 Å².